The van der Waals surface area contributed by atoms with Crippen molar-refractivity contribution in [2.24, 2.45) is 0 Å². The summed E-state index contributed by atoms with van der Waals surface area (Å²) in [5.74, 6) is 0. The summed E-state index contributed by atoms with van der Waals surface area (Å²) in [6, 6.07) is 0. The van der Waals surface area contributed by atoms with Crippen LogP contribution in [-0.2, 0) is 0 Å². The monoisotopic (exact) mass is 255 g/mol. The molecule has 0 radical (unpaired) electrons. The minimum atomic E-state index is -0.177. The number of aliphatic hydroxyl groups is 1. The minimum Gasteiger partial charge on any atom is -0.392 e. The number of anilines is 1. The van der Waals surface area contributed by atoms with Crippen LogP contribution in [0.25, 0.3) is 0 Å². The van der Waals surface area contributed by atoms with Gasteiger partial charge in [0.05, 0.1) is 6.10 Å². The molecule has 1 aliphatic rings. The van der Waals surface area contributed by atoms with Crippen molar-refractivity contribution >= 4 is 16.5 Å². The molecular weight excluding hydrogens is 234 g/mol. The molecule has 1 fully saturated rings. The number of nitrogens with zero attached hydrogens (tertiary/aromatic N) is 3. The molecule has 2 rings (SSSR count). The predicted molar refractivity (Wildman–Crippen MR) is 71.8 cm³/mol. The van der Waals surface area contributed by atoms with Crippen LogP contribution in [0.5, 0.6) is 0 Å². The van der Waals surface area contributed by atoms with Gasteiger partial charge in [0.1, 0.15) is 0 Å². The smallest absolute Gasteiger partial charge is 0.185 e. The zero-order chi connectivity index (χ0) is 12.3. The van der Waals surface area contributed by atoms with Gasteiger partial charge in [-0.15, -0.1) is 11.3 Å². The maximum Gasteiger partial charge on any atom is 0.185 e. The van der Waals surface area contributed by atoms with Crippen LogP contribution < -0.4 is 4.90 Å². The Morgan fingerprint density at radius 1 is 1.41 bits per heavy atom. The molecule has 1 aliphatic heterocycles. The summed E-state index contributed by atoms with van der Waals surface area (Å²) in [6.45, 7) is 9.01. The lowest BCUT2D eigenvalue weighted by Gasteiger charge is -2.35. The molecule has 2 heterocycles. The first kappa shape index (κ1) is 12.8. The summed E-state index contributed by atoms with van der Waals surface area (Å²) < 4.78 is 0. The Morgan fingerprint density at radius 2 is 2.12 bits per heavy atom. The zero-order valence-corrected chi connectivity index (χ0v) is 11.4. The lowest BCUT2D eigenvalue weighted by Crippen LogP contribution is -2.48. The number of rotatable bonds is 4. The van der Waals surface area contributed by atoms with Gasteiger partial charge in [-0.2, -0.15) is 0 Å². The van der Waals surface area contributed by atoms with E-state index < -0.39 is 0 Å². The van der Waals surface area contributed by atoms with Gasteiger partial charge in [0, 0.05) is 43.8 Å². The van der Waals surface area contributed by atoms with E-state index in [0.29, 0.717) is 0 Å². The molecule has 0 amide bonds. The van der Waals surface area contributed by atoms with Crippen LogP contribution in [0.4, 0.5) is 5.13 Å². The number of β-amino-alcohol motifs (C(OH)–C–C–N with tert-alkyl or cyclic N) is 1. The first-order chi connectivity index (χ1) is 8.19. The van der Waals surface area contributed by atoms with E-state index in [2.05, 4.69) is 21.7 Å². The third-order valence-corrected chi connectivity index (χ3v) is 4.17. The highest BCUT2D eigenvalue weighted by Gasteiger charge is 2.20. The number of aliphatic hydroxyl groups excluding tert-OH is 1. The van der Waals surface area contributed by atoms with E-state index in [1.807, 2.05) is 13.1 Å². The zero-order valence-electron chi connectivity index (χ0n) is 10.6. The van der Waals surface area contributed by atoms with E-state index in [1.165, 1.54) is 4.88 Å². The van der Waals surface area contributed by atoms with Gasteiger partial charge in [0.15, 0.2) is 5.13 Å². The molecule has 0 bridgehead atoms. The lowest BCUT2D eigenvalue weighted by molar-refractivity contribution is 0.106. The van der Waals surface area contributed by atoms with Crippen molar-refractivity contribution in [1.29, 1.82) is 0 Å². The van der Waals surface area contributed by atoms with E-state index in [9.17, 15) is 5.11 Å². The second-order valence-electron chi connectivity index (χ2n) is 4.60. The third-order valence-electron chi connectivity index (χ3n) is 3.19. The second-order valence-corrected chi connectivity index (χ2v) is 5.82. The maximum absolute atomic E-state index is 9.63. The average Bonchev–Trinajstić information content (AvgIpc) is 2.77. The second kappa shape index (κ2) is 5.80. The molecule has 4 nitrogen and oxygen atoms in total. The van der Waals surface area contributed by atoms with Gasteiger partial charge in [0.2, 0.25) is 0 Å². The van der Waals surface area contributed by atoms with E-state index in [0.717, 1.165) is 44.3 Å². The van der Waals surface area contributed by atoms with Gasteiger partial charge < -0.3 is 10.0 Å². The fraction of sp³-hybridized carbons (Fsp3) is 0.750. The Kier molecular flexibility index (Phi) is 4.36. The Morgan fingerprint density at radius 3 is 2.65 bits per heavy atom. The normalized spacial score (nSPS) is 19.6. The molecule has 1 unspecified atom stereocenters. The van der Waals surface area contributed by atoms with E-state index in [1.54, 1.807) is 11.3 Å². The molecule has 0 saturated carbocycles. The van der Waals surface area contributed by atoms with Crippen molar-refractivity contribution in [2.75, 3.05) is 37.6 Å². The fourth-order valence-corrected chi connectivity index (χ4v) is 2.85. The van der Waals surface area contributed by atoms with Gasteiger partial charge in [-0.3, -0.25) is 4.90 Å². The largest absolute Gasteiger partial charge is 0.392 e. The van der Waals surface area contributed by atoms with Gasteiger partial charge in [-0.05, 0) is 13.3 Å². The number of thiazole rings is 1. The van der Waals surface area contributed by atoms with Gasteiger partial charge in [0.25, 0.3) is 0 Å². The van der Waals surface area contributed by atoms with Crippen molar-refractivity contribution in [2.45, 2.75) is 26.4 Å². The predicted octanol–water partition coefficient (Wildman–Crippen LogP) is 1.34. The van der Waals surface area contributed by atoms with Crippen LogP contribution in [0, 0.1) is 6.92 Å². The standard InChI is InChI=1S/C12H21N3OS/c1-3-11(16)9-14-4-6-15(7-5-14)12-13-8-10(2)17-12/h8,11,16H,3-7,9H2,1-2H3. The average molecular weight is 255 g/mol. The molecule has 1 aromatic rings. The number of aromatic nitrogens is 1. The number of aryl methyl sites for hydroxylation is 1. The third kappa shape index (κ3) is 3.40. The van der Waals surface area contributed by atoms with Crippen molar-refractivity contribution < 1.29 is 5.11 Å². The van der Waals surface area contributed by atoms with E-state index in [4.69, 9.17) is 0 Å². The van der Waals surface area contributed by atoms with Crippen molar-refractivity contribution in [1.82, 2.24) is 9.88 Å². The van der Waals surface area contributed by atoms with Crippen LogP contribution in [-0.4, -0.2) is 53.8 Å². The highest BCUT2D eigenvalue weighted by Crippen LogP contribution is 2.22. The molecule has 1 saturated heterocycles. The van der Waals surface area contributed by atoms with E-state index in [-0.39, 0.29) is 6.10 Å². The fourth-order valence-electron chi connectivity index (χ4n) is 2.04. The molecule has 1 N–H and O–H groups in total. The molecule has 96 valence electrons. The Balaban J connectivity index is 1.82. The highest BCUT2D eigenvalue weighted by atomic mass is 32.1. The minimum absolute atomic E-state index is 0.177. The first-order valence-electron chi connectivity index (χ1n) is 6.27. The van der Waals surface area contributed by atoms with Crippen LogP contribution in [0.1, 0.15) is 18.2 Å². The van der Waals surface area contributed by atoms with Crippen LogP contribution in [0.15, 0.2) is 6.20 Å². The summed E-state index contributed by atoms with van der Waals surface area (Å²) in [6.07, 6.45) is 2.60. The summed E-state index contributed by atoms with van der Waals surface area (Å²) in [5.41, 5.74) is 0. The SMILES string of the molecule is CCC(O)CN1CCN(c2ncc(C)s2)CC1. The highest BCUT2D eigenvalue weighted by molar-refractivity contribution is 7.15. The summed E-state index contributed by atoms with van der Waals surface area (Å²) >= 11 is 1.76. The van der Waals surface area contributed by atoms with Gasteiger partial charge in [-0.1, -0.05) is 6.92 Å². The molecule has 0 spiro atoms. The Hall–Kier alpha value is -0.650. The number of piperazine rings is 1. The van der Waals surface area contributed by atoms with Crippen molar-refractivity contribution in [3.63, 3.8) is 0 Å². The number of hydrogen-bond acceptors (Lipinski definition) is 5. The van der Waals surface area contributed by atoms with Crippen LogP contribution in [0.2, 0.25) is 0 Å². The van der Waals surface area contributed by atoms with Gasteiger partial charge in [-0.25, -0.2) is 4.98 Å². The molecule has 0 aliphatic carbocycles. The topological polar surface area (TPSA) is 39.6 Å². The maximum atomic E-state index is 9.63. The lowest BCUT2D eigenvalue weighted by atomic mass is 10.2. The summed E-state index contributed by atoms with van der Waals surface area (Å²) in [5, 5.41) is 10.8. The molecule has 17 heavy (non-hydrogen) atoms. The first-order valence-corrected chi connectivity index (χ1v) is 7.08. The Labute approximate surface area is 107 Å². The van der Waals surface area contributed by atoms with Crippen LogP contribution >= 0.6 is 11.3 Å². The summed E-state index contributed by atoms with van der Waals surface area (Å²) in [7, 11) is 0. The van der Waals surface area contributed by atoms with Crippen molar-refractivity contribution in [3.05, 3.63) is 11.1 Å². The molecule has 1 atom stereocenters. The van der Waals surface area contributed by atoms with Crippen LogP contribution in [0.3, 0.4) is 0 Å². The molecule has 0 aromatic carbocycles. The molecular formula is C12H21N3OS. The molecule has 1 aromatic heterocycles. The molecule has 5 heteroatoms. The Bertz CT molecular complexity index is 347. The quantitative estimate of drug-likeness (QED) is 0.881. The summed E-state index contributed by atoms with van der Waals surface area (Å²) in [4.78, 5) is 10.4. The van der Waals surface area contributed by atoms with E-state index >= 15 is 0 Å². The van der Waals surface area contributed by atoms with Gasteiger partial charge >= 0.3 is 0 Å². The van der Waals surface area contributed by atoms with Crippen molar-refractivity contribution in [3.8, 4) is 0 Å². The number of hydrogen-bond donors (Lipinski definition) is 1.